The Hall–Kier alpha value is -3.87. The maximum atomic E-state index is 14.8. The van der Waals surface area contributed by atoms with E-state index in [2.05, 4.69) is 0 Å². The first kappa shape index (κ1) is 22.3. The third-order valence-corrected chi connectivity index (χ3v) is 6.38. The molecule has 0 aromatic heterocycles. The molecule has 0 spiro atoms. The fourth-order valence-corrected chi connectivity index (χ4v) is 4.44. The second-order valence-corrected chi connectivity index (χ2v) is 8.06. The van der Waals surface area contributed by atoms with Crippen molar-refractivity contribution in [3.8, 4) is 16.9 Å². The molecule has 1 aliphatic carbocycles. The number of carbonyl (C=O) groups excluding carboxylic acids is 1. The lowest BCUT2D eigenvalue weighted by molar-refractivity contribution is -0.149. The van der Waals surface area contributed by atoms with Gasteiger partial charge in [0.15, 0.2) is 5.54 Å². The Morgan fingerprint density at radius 1 is 1.00 bits per heavy atom. The van der Waals surface area contributed by atoms with Gasteiger partial charge in [-0.05, 0) is 41.3 Å². The maximum absolute atomic E-state index is 14.8. The van der Waals surface area contributed by atoms with Gasteiger partial charge >= 0.3 is 12.1 Å². The summed E-state index contributed by atoms with van der Waals surface area (Å²) in [6, 6.07) is 19.8. The molecule has 4 rings (SSSR count). The number of carboxylic acid groups (broad SMARTS) is 1. The van der Waals surface area contributed by atoms with Gasteiger partial charge in [-0.1, -0.05) is 54.6 Å². The Kier molecular flexibility index (Phi) is 5.80. The van der Waals surface area contributed by atoms with E-state index < -0.39 is 23.4 Å². The number of halogens is 1. The molecule has 33 heavy (non-hydrogen) atoms. The van der Waals surface area contributed by atoms with Crippen molar-refractivity contribution in [2.24, 2.45) is 0 Å². The van der Waals surface area contributed by atoms with Gasteiger partial charge < -0.3 is 14.6 Å². The van der Waals surface area contributed by atoms with Crippen LogP contribution in [0.3, 0.4) is 0 Å². The maximum Gasteiger partial charge on any atom is 0.410 e. The van der Waals surface area contributed by atoms with Crippen molar-refractivity contribution >= 4 is 12.1 Å². The van der Waals surface area contributed by atoms with Crippen LogP contribution in [0, 0.1) is 5.82 Å². The molecule has 1 aliphatic rings. The number of amides is 1. The highest BCUT2D eigenvalue weighted by Gasteiger charge is 2.47. The van der Waals surface area contributed by atoms with Crippen molar-refractivity contribution in [2.75, 3.05) is 20.8 Å². The van der Waals surface area contributed by atoms with E-state index in [-0.39, 0.29) is 23.8 Å². The number of fused-ring (bicyclic) bond motifs is 3. The molecule has 0 saturated carbocycles. The Balaban J connectivity index is 1.62. The van der Waals surface area contributed by atoms with E-state index in [1.807, 2.05) is 48.5 Å². The van der Waals surface area contributed by atoms with Crippen LogP contribution < -0.4 is 4.74 Å². The van der Waals surface area contributed by atoms with Crippen LogP contribution in [-0.4, -0.2) is 42.8 Å². The first-order valence-corrected chi connectivity index (χ1v) is 10.5. The Morgan fingerprint density at radius 2 is 1.58 bits per heavy atom. The predicted octanol–water partition coefficient (Wildman–Crippen LogP) is 5.02. The summed E-state index contributed by atoms with van der Waals surface area (Å²) < 4.78 is 25.5. The third-order valence-electron chi connectivity index (χ3n) is 6.38. The standard InChI is InChI=1S/C26H24FNO5/c1-26(24(29)30,23-21(27)13-8-14-22(23)32-3)28(2)25(31)33-15-20-18-11-6-4-9-16(18)17-10-5-7-12-19(17)20/h4-14,20H,15H2,1-3H3,(H,29,30). The highest BCUT2D eigenvalue weighted by atomic mass is 19.1. The molecule has 1 atom stereocenters. The molecule has 1 N–H and O–H groups in total. The van der Waals surface area contributed by atoms with E-state index in [0.717, 1.165) is 33.2 Å². The lowest BCUT2D eigenvalue weighted by Gasteiger charge is -2.35. The van der Waals surface area contributed by atoms with Crippen molar-refractivity contribution in [3.05, 3.63) is 89.2 Å². The van der Waals surface area contributed by atoms with E-state index in [4.69, 9.17) is 9.47 Å². The molecule has 1 amide bonds. The summed E-state index contributed by atoms with van der Waals surface area (Å²) in [4.78, 5) is 26.2. The molecular formula is C26H24FNO5. The molecule has 170 valence electrons. The number of carbonyl (C=O) groups is 2. The number of rotatable bonds is 6. The summed E-state index contributed by atoms with van der Waals surface area (Å²) in [6.45, 7) is 1.26. The Labute approximate surface area is 191 Å². The van der Waals surface area contributed by atoms with Gasteiger partial charge in [0.1, 0.15) is 18.2 Å². The van der Waals surface area contributed by atoms with Gasteiger partial charge in [-0.15, -0.1) is 0 Å². The smallest absolute Gasteiger partial charge is 0.410 e. The Bertz CT molecular complexity index is 1180. The predicted molar refractivity (Wildman–Crippen MR) is 121 cm³/mol. The summed E-state index contributed by atoms with van der Waals surface area (Å²) in [5.41, 5.74) is 1.91. The van der Waals surface area contributed by atoms with Crippen LogP contribution in [0.15, 0.2) is 66.7 Å². The number of hydrogen-bond donors (Lipinski definition) is 1. The fraction of sp³-hybridized carbons (Fsp3) is 0.231. The summed E-state index contributed by atoms with van der Waals surface area (Å²) in [5, 5.41) is 10.0. The molecular weight excluding hydrogens is 425 g/mol. The zero-order valence-electron chi connectivity index (χ0n) is 18.5. The van der Waals surface area contributed by atoms with Gasteiger partial charge in [-0.2, -0.15) is 0 Å². The largest absolute Gasteiger partial charge is 0.496 e. The summed E-state index contributed by atoms with van der Waals surface area (Å²) in [5.74, 6) is -2.37. The van der Waals surface area contributed by atoms with Gasteiger partial charge in [0.25, 0.3) is 0 Å². The molecule has 0 radical (unpaired) electrons. The normalized spacial score (nSPS) is 14.1. The molecule has 1 unspecified atom stereocenters. The van der Waals surface area contributed by atoms with Gasteiger partial charge in [-0.3, -0.25) is 4.90 Å². The second-order valence-electron chi connectivity index (χ2n) is 8.06. The number of carboxylic acids is 1. The number of likely N-dealkylation sites (N-methyl/N-ethyl adjacent to an activating group) is 1. The zero-order valence-corrected chi connectivity index (χ0v) is 18.5. The first-order valence-electron chi connectivity index (χ1n) is 10.5. The minimum absolute atomic E-state index is 0.0152. The van der Waals surface area contributed by atoms with E-state index in [1.54, 1.807) is 0 Å². The van der Waals surface area contributed by atoms with Gasteiger partial charge in [0.2, 0.25) is 0 Å². The molecule has 3 aromatic rings. The van der Waals surface area contributed by atoms with E-state index >= 15 is 0 Å². The van der Waals surface area contributed by atoms with Gasteiger partial charge in [-0.25, -0.2) is 14.0 Å². The molecule has 7 heteroatoms. The number of benzene rings is 3. The molecule has 0 heterocycles. The SMILES string of the molecule is COc1cccc(F)c1C(C)(C(=O)O)N(C)C(=O)OCC1c2ccccc2-c2ccccc21. The lowest BCUT2D eigenvalue weighted by Crippen LogP contribution is -2.51. The third kappa shape index (κ3) is 3.59. The molecule has 6 nitrogen and oxygen atoms in total. The highest BCUT2D eigenvalue weighted by Crippen LogP contribution is 2.45. The fourth-order valence-electron chi connectivity index (χ4n) is 4.44. The average molecular weight is 449 g/mol. The number of ether oxygens (including phenoxy) is 2. The van der Waals surface area contributed by atoms with Crippen molar-refractivity contribution in [2.45, 2.75) is 18.4 Å². The summed E-state index contributed by atoms with van der Waals surface area (Å²) in [7, 11) is 2.59. The molecule has 0 fully saturated rings. The monoisotopic (exact) mass is 449 g/mol. The minimum Gasteiger partial charge on any atom is -0.496 e. The van der Waals surface area contributed by atoms with Crippen LogP contribution in [0.2, 0.25) is 0 Å². The zero-order chi connectivity index (χ0) is 23.8. The van der Waals surface area contributed by atoms with Crippen LogP contribution in [0.4, 0.5) is 9.18 Å². The van der Waals surface area contributed by atoms with Gasteiger partial charge in [0, 0.05) is 13.0 Å². The second kappa shape index (κ2) is 8.58. The van der Waals surface area contributed by atoms with E-state index in [1.165, 1.54) is 33.2 Å². The number of methoxy groups -OCH3 is 1. The Morgan fingerprint density at radius 3 is 2.12 bits per heavy atom. The van der Waals surface area contributed by atoms with Crippen molar-refractivity contribution in [3.63, 3.8) is 0 Å². The number of hydrogen-bond acceptors (Lipinski definition) is 4. The van der Waals surface area contributed by atoms with Crippen LogP contribution >= 0.6 is 0 Å². The van der Waals surface area contributed by atoms with E-state index in [9.17, 15) is 19.1 Å². The molecule has 0 saturated heterocycles. The minimum atomic E-state index is -2.06. The molecule has 0 aliphatic heterocycles. The average Bonchev–Trinajstić information content (AvgIpc) is 3.15. The lowest BCUT2D eigenvalue weighted by atomic mass is 9.89. The van der Waals surface area contributed by atoms with Crippen LogP contribution in [-0.2, 0) is 15.1 Å². The summed E-state index contributed by atoms with van der Waals surface area (Å²) in [6.07, 6.45) is -0.882. The summed E-state index contributed by atoms with van der Waals surface area (Å²) >= 11 is 0. The van der Waals surface area contributed by atoms with Gasteiger partial charge in [0.05, 0.1) is 12.7 Å². The first-order chi connectivity index (χ1) is 15.8. The van der Waals surface area contributed by atoms with Crippen molar-refractivity contribution in [1.82, 2.24) is 4.90 Å². The van der Waals surface area contributed by atoms with Crippen LogP contribution in [0.1, 0.15) is 29.5 Å². The quantitative estimate of drug-likeness (QED) is 0.572. The topological polar surface area (TPSA) is 76.1 Å². The van der Waals surface area contributed by atoms with Crippen LogP contribution in [0.5, 0.6) is 5.75 Å². The highest BCUT2D eigenvalue weighted by molar-refractivity contribution is 5.86. The van der Waals surface area contributed by atoms with E-state index in [0.29, 0.717) is 0 Å². The van der Waals surface area contributed by atoms with Crippen molar-refractivity contribution in [1.29, 1.82) is 0 Å². The number of nitrogens with zero attached hydrogens (tertiary/aromatic N) is 1. The van der Waals surface area contributed by atoms with Crippen molar-refractivity contribution < 1.29 is 28.6 Å². The number of aliphatic carboxylic acids is 1. The van der Waals surface area contributed by atoms with Crippen LogP contribution in [0.25, 0.3) is 11.1 Å². The molecule has 0 bridgehead atoms. The molecule has 3 aromatic carbocycles.